The number of rotatable bonds is 4. The Labute approximate surface area is 139 Å². The molecule has 2 aliphatic rings. The summed E-state index contributed by atoms with van der Waals surface area (Å²) in [4.78, 5) is 38.3. The van der Waals surface area contributed by atoms with E-state index in [1.165, 1.54) is 0 Å². The van der Waals surface area contributed by atoms with E-state index in [0.29, 0.717) is 11.3 Å². The molecule has 4 heteroatoms. The van der Waals surface area contributed by atoms with Crippen LogP contribution in [0.15, 0.2) is 54.6 Å². The summed E-state index contributed by atoms with van der Waals surface area (Å²) in [6, 6.07) is 16.0. The Bertz CT molecular complexity index is 855. The minimum atomic E-state index is -1.35. The van der Waals surface area contributed by atoms with Crippen molar-refractivity contribution < 1.29 is 19.1 Å². The van der Waals surface area contributed by atoms with Crippen LogP contribution in [-0.2, 0) is 9.59 Å². The zero-order chi connectivity index (χ0) is 16.9. The van der Waals surface area contributed by atoms with E-state index in [0.717, 1.165) is 5.56 Å². The summed E-state index contributed by atoms with van der Waals surface area (Å²) in [7, 11) is 0. The van der Waals surface area contributed by atoms with Crippen LogP contribution in [0.5, 0.6) is 5.75 Å². The van der Waals surface area contributed by atoms with Crippen LogP contribution < -0.4 is 4.74 Å². The van der Waals surface area contributed by atoms with Gasteiger partial charge in [0.15, 0.2) is 11.6 Å². The standard InChI is InChI=1S/C20H16O4/c1-2-15(21)20-16(13-10-6-7-11-14(13)24-19(20)23)17(20)18(22)12-8-4-3-5-9-12/h3-11,16-17H,2H2,1H3/t16-,17-,20-/m1/s1. The van der Waals surface area contributed by atoms with Crippen LogP contribution in [0.1, 0.15) is 35.2 Å². The minimum absolute atomic E-state index is 0.170. The summed E-state index contributed by atoms with van der Waals surface area (Å²) in [5.41, 5.74) is -0.0608. The van der Waals surface area contributed by atoms with Crippen molar-refractivity contribution in [1.82, 2.24) is 0 Å². The second-order valence-electron chi connectivity index (χ2n) is 6.26. The molecule has 0 unspecified atom stereocenters. The fourth-order valence-electron chi connectivity index (χ4n) is 3.97. The number of para-hydroxylation sites is 1. The predicted molar refractivity (Wildman–Crippen MR) is 86.8 cm³/mol. The van der Waals surface area contributed by atoms with Crippen molar-refractivity contribution in [2.45, 2.75) is 19.3 Å². The highest BCUT2D eigenvalue weighted by atomic mass is 16.5. The molecule has 1 saturated carbocycles. The number of carbonyl (C=O) groups is 3. The third-order valence-electron chi connectivity index (χ3n) is 5.12. The van der Waals surface area contributed by atoms with Crippen molar-refractivity contribution in [3.63, 3.8) is 0 Å². The Morgan fingerprint density at radius 1 is 1.04 bits per heavy atom. The molecule has 0 N–H and O–H groups in total. The topological polar surface area (TPSA) is 60.4 Å². The number of ketones is 2. The van der Waals surface area contributed by atoms with Gasteiger partial charge in [-0.3, -0.25) is 14.4 Å². The van der Waals surface area contributed by atoms with Gasteiger partial charge in [0.1, 0.15) is 11.2 Å². The van der Waals surface area contributed by atoms with Gasteiger partial charge in [0.05, 0.1) is 5.92 Å². The van der Waals surface area contributed by atoms with Crippen molar-refractivity contribution in [2.24, 2.45) is 11.3 Å². The van der Waals surface area contributed by atoms with Gasteiger partial charge in [-0.15, -0.1) is 0 Å². The number of hydrogen-bond acceptors (Lipinski definition) is 4. The lowest BCUT2D eigenvalue weighted by Crippen LogP contribution is -2.36. The summed E-state index contributed by atoms with van der Waals surface area (Å²) in [6.07, 6.45) is 0.201. The van der Waals surface area contributed by atoms with Crippen LogP contribution in [0.25, 0.3) is 0 Å². The molecule has 0 amide bonds. The Kier molecular flexibility index (Phi) is 3.17. The fraction of sp³-hybridized carbons (Fsp3) is 0.250. The van der Waals surface area contributed by atoms with Crippen molar-refractivity contribution in [3.8, 4) is 5.75 Å². The highest BCUT2D eigenvalue weighted by Crippen LogP contribution is 2.70. The van der Waals surface area contributed by atoms with Crippen molar-refractivity contribution in [3.05, 3.63) is 65.7 Å². The van der Waals surface area contributed by atoms with Crippen LogP contribution in [0.3, 0.4) is 0 Å². The molecule has 2 aromatic carbocycles. The van der Waals surface area contributed by atoms with Gasteiger partial charge in [-0.1, -0.05) is 55.5 Å². The molecule has 0 bridgehead atoms. The molecule has 1 fully saturated rings. The summed E-state index contributed by atoms with van der Waals surface area (Å²) in [5.74, 6) is -1.63. The number of esters is 1. The lowest BCUT2D eigenvalue weighted by atomic mass is 9.89. The van der Waals surface area contributed by atoms with Gasteiger partial charge in [0, 0.05) is 23.5 Å². The number of ether oxygens (including phenoxy) is 1. The molecule has 0 radical (unpaired) electrons. The van der Waals surface area contributed by atoms with Gasteiger partial charge in [0.2, 0.25) is 0 Å². The SMILES string of the molecule is CCC(=O)[C@@]12C(=O)Oc3ccccc3[C@@H]1[C@@H]2C(=O)c1ccccc1. The molecule has 0 spiro atoms. The van der Waals surface area contributed by atoms with E-state index in [1.807, 2.05) is 18.2 Å². The van der Waals surface area contributed by atoms with Gasteiger partial charge in [-0.2, -0.15) is 0 Å². The normalized spacial score (nSPS) is 26.8. The van der Waals surface area contributed by atoms with Crippen molar-refractivity contribution in [2.75, 3.05) is 0 Å². The van der Waals surface area contributed by atoms with Crippen LogP contribution in [-0.4, -0.2) is 17.5 Å². The molecule has 3 atom stereocenters. The number of fused-ring (bicyclic) bond motifs is 3. The van der Waals surface area contributed by atoms with Crippen molar-refractivity contribution >= 4 is 17.5 Å². The van der Waals surface area contributed by atoms with E-state index in [1.54, 1.807) is 43.3 Å². The maximum atomic E-state index is 13.0. The number of benzene rings is 2. The summed E-state index contributed by atoms with van der Waals surface area (Å²) in [6.45, 7) is 1.71. The monoisotopic (exact) mass is 320 g/mol. The van der Waals surface area contributed by atoms with Gasteiger partial charge in [-0.05, 0) is 6.07 Å². The minimum Gasteiger partial charge on any atom is -0.425 e. The quantitative estimate of drug-likeness (QED) is 0.376. The zero-order valence-corrected chi connectivity index (χ0v) is 13.2. The van der Waals surface area contributed by atoms with Crippen LogP contribution >= 0.6 is 0 Å². The summed E-state index contributed by atoms with van der Waals surface area (Å²) in [5, 5.41) is 0. The second kappa shape index (κ2) is 5.13. The molecule has 120 valence electrons. The average molecular weight is 320 g/mol. The Hall–Kier alpha value is -2.75. The molecule has 0 aromatic heterocycles. The smallest absolute Gasteiger partial charge is 0.326 e. The lowest BCUT2D eigenvalue weighted by Gasteiger charge is -2.21. The molecule has 4 nitrogen and oxygen atoms in total. The molecular weight excluding hydrogens is 304 g/mol. The largest absolute Gasteiger partial charge is 0.425 e. The van der Waals surface area contributed by atoms with Gasteiger partial charge >= 0.3 is 5.97 Å². The number of hydrogen-bond donors (Lipinski definition) is 0. The van der Waals surface area contributed by atoms with Crippen LogP contribution in [0.2, 0.25) is 0 Å². The molecule has 1 heterocycles. The number of Topliss-reactive ketones (excluding diaryl/α,β-unsaturated/α-hetero) is 2. The Morgan fingerprint density at radius 2 is 1.71 bits per heavy atom. The van der Waals surface area contributed by atoms with E-state index in [4.69, 9.17) is 4.74 Å². The van der Waals surface area contributed by atoms with E-state index < -0.39 is 23.2 Å². The molecule has 4 rings (SSSR count). The van der Waals surface area contributed by atoms with Gasteiger partial charge in [-0.25, -0.2) is 0 Å². The first-order valence-corrected chi connectivity index (χ1v) is 8.06. The first-order chi connectivity index (χ1) is 11.6. The molecule has 1 aliphatic heterocycles. The molecular formula is C20H16O4. The third-order valence-corrected chi connectivity index (χ3v) is 5.12. The average Bonchev–Trinajstić information content (AvgIpc) is 3.33. The molecule has 2 aromatic rings. The Morgan fingerprint density at radius 3 is 2.42 bits per heavy atom. The zero-order valence-electron chi connectivity index (χ0n) is 13.2. The van der Waals surface area contributed by atoms with E-state index >= 15 is 0 Å². The van der Waals surface area contributed by atoms with Gasteiger partial charge < -0.3 is 4.74 Å². The lowest BCUT2D eigenvalue weighted by molar-refractivity contribution is -0.147. The fourth-order valence-corrected chi connectivity index (χ4v) is 3.97. The Balaban J connectivity index is 1.85. The van der Waals surface area contributed by atoms with Crippen LogP contribution in [0.4, 0.5) is 0 Å². The maximum Gasteiger partial charge on any atom is 0.326 e. The highest BCUT2D eigenvalue weighted by molar-refractivity contribution is 6.19. The molecule has 1 aliphatic carbocycles. The van der Waals surface area contributed by atoms with E-state index in [9.17, 15) is 14.4 Å². The van der Waals surface area contributed by atoms with Crippen LogP contribution in [0, 0.1) is 11.3 Å². The first-order valence-electron chi connectivity index (χ1n) is 8.06. The first kappa shape index (κ1) is 14.8. The summed E-state index contributed by atoms with van der Waals surface area (Å²) < 4.78 is 5.42. The second-order valence-corrected chi connectivity index (χ2v) is 6.26. The molecule has 24 heavy (non-hydrogen) atoms. The maximum absolute atomic E-state index is 13.0. The third kappa shape index (κ3) is 1.77. The van der Waals surface area contributed by atoms with E-state index in [-0.39, 0.29) is 18.0 Å². The van der Waals surface area contributed by atoms with E-state index in [2.05, 4.69) is 0 Å². The van der Waals surface area contributed by atoms with Crippen molar-refractivity contribution in [1.29, 1.82) is 0 Å². The van der Waals surface area contributed by atoms with Gasteiger partial charge in [0.25, 0.3) is 0 Å². The summed E-state index contributed by atoms with van der Waals surface area (Å²) >= 11 is 0. The highest BCUT2D eigenvalue weighted by Gasteiger charge is 2.79. The molecule has 0 saturated heterocycles. The number of carbonyl (C=O) groups excluding carboxylic acids is 3. The predicted octanol–water partition coefficient (Wildman–Crippen LogP) is 3.17.